The van der Waals surface area contributed by atoms with Crippen molar-refractivity contribution in [2.24, 2.45) is 22.2 Å². The minimum Gasteiger partial charge on any atom is -0.302 e. The van der Waals surface area contributed by atoms with Gasteiger partial charge in [0.15, 0.2) is 0 Å². The van der Waals surface area contributed by atoms with E-state index < -0.39 is 0 Å². The summed E-state index contributed by atoms with van der Waals surface area (Å²) in [6.45, 7) is 46.0. The fraction of sp³-hybridized carbons (Fsp3) is 1.00. The van der Waals surface area contributed by atoms with E-state index in [2.05, 4.69) is 112 Å². The summed E-state index contributed by atoms with van der Waals surface area (Å²) in [7, 11) is 0. The molecule has 6 heteroatoms. The molecule has 5 saturated heterocycles. The van der Waals surface area contributed by atoms with Crippen molar-refractivity contribution in [1.29, 1.82) is 0 Å². The lowest BCUT2D eigenvalue weighted by molar-refractivity contribution is -0.167. The summed E-state index contributed by atoms with van der Waals surface area (Å²) in [6, 6.07) is 2.32. The fourth-order valence-corrected chi connectivity index (χ4v) is 9.95. The molecule has 0 aliphatic carbocycles. The lowest BCUT2D eigenvalue weighted by Gasteiger charge is -2.66. The van der Waals surface area contributed by atoms with Crippen LogP contribution in [0, 0.1) is 22.2 Å². The second kappa shape index (κ2) is 13.2. The number of nitrogens with zero attached hydrogens (tertiary/aromatic N) is 6. The molecule has 0 aromatic heterocycles. The second-order valence-electron chi connectivity index (χ2n) is 20.6. The molecule has 0 aromatic rings. The molecule has 0 bridgehead atoms. The molecule has 4 atom stereocenters. The van der Waals surface area contributed by atoms with E-state index in [1.54, 1.807) is 0 Å². The highest BCUT2D eigenvalue weighted by molar-refractivity contribution is 5.10. The van der Waals surface area contributed by atoms with Crippen LogP contribution in [0.15, 0.2) is 0 Å². The molecule has 1 spiro atoms. The highest BCUT2D eigenvalue weighted by atomic mass is 15.4. The van der Waals surface area contributed by atoms with Gasteiger partial charge in [-0.1, -0.05) is 41.5 Å². The Labute approximate surface area is 280 Å². The van der Waals surface area contributed by atoms with E-state index in [1.807, 2.05) is 0 Å². The van der Waals surface area contributed by atoms with Crippen molar-refractivity contribution in [1.82, 2.24) is 29.4 Å². The predicted molar refractivity (Wildman–Crippen MR) is 193 cm³/mol. The van der Waals surface area contributed by atoms with Gasteiger partial charge in [0.1, 0.15) is 0 Å². The molecule has 0 aromatic carbocycles. The average Bonchev–Trinajstić information content (AvgIpc) is 2.86. The lowest BCUT2D eigenvalue weighted by Crippen LogP contribution is -2.76. The summed E-state index contributed by atoms with van der Waals surface area (Å²) in [5, 5.41) is 0. The van der Waals surface area contributed by atoms with Gasteiger partial charge in [0.05, 0.1) is 0 Å². The Morgan fingerprint density at radius 3 is 1.84 bits per heavy atom. The maximum absolute atomic E-state index is 2.86. The number of likely N-dealkylation sites (tertiary alicyclic amines) is 4. The molecule has 6 nitrogen and oxygen atoms in total. The second-order valence-corrected chi connectivity index (χ2v) is 20.6. The molecule has 262 valence electrons. The van der Waals surface area contributed by atoms with Crippen molar-refractivity contribution < 1.29 is 0 Å². The van der Waals surface area contributed by atoms with E-state index in [0.29, 0.717) is 27.3 Å². The van der Waals surface area contributed by atoms with Crippen LogP contribution in [-0.2, 0) is 0 Å². The Kier molecular flexibility index (Phi) is 10.6. The molecule has 0 amide bonds. The van der Waals surface area contributed by atoms with E-state index in [0.717, 1.165) is 24.0 Å². The first-order valence-corrected chi connectivity index (χ1v) is 19.2. The number of piperazine rings is 1. The maximum Gasteiger partial charge on any atom is 0.0212 e. The molecule has 2 unspecified atom stereocenters. The largest absolute Gasteiger partial charge is 0.302 e. The van der Waals surface area contributed by atoms with Crippen molar-refractivity contribution in [2.45, 2.75) is 144 Å². The maximum atomic E-state index is 2.86. The quantitative estimate of drug-likeness (QED) is 0.300. The van der Waals surface area contributed by atoms with Gasteiger partial charge in [0.25, 0.3) is 0 Å². The summed E-state index contributed by atoms with van der Waals surface area (Å²) in [5.74, 6) is 0.769. The topological polar surface area (TPSA) is 19.4 Å². The van der Waals surface area contributed by atoms with Gasteiger partial charge in [0.2, 0.25) is 0 Å². The van der Waals surface area contributed by atoms with Crippen LogP contribution in [0.4, 0.5) is 0 Å². The molecule has 5 aliphatic heterocycles. The van der Waals surface area contributed by atoms with E-state index in [9.17, 15) is 0 Å². The van der Waals surface area contributed by atoms with E-state index in [-0.39, 0.29) is 0 Å². The summed E-state index contributed by atoms with van der Waals surface area (Å²) in [6.07, 6.45) is 6.71. The zero-order chi connectivity index (χ0) is 33.0. The highest BCUT2D eigenvalue weighted by Crippen LogP contribution is 2.46. The molecular formula is C39H76N6. The zero-order valence-corrected chi connectivity index (χ0v) is 32.2. The molecule has 0 saturated carbocycles. The monoisotopic (exact) mass is 629 g/mol. The summed E-state index contributed by atoms with van der Waals surface area (Å²) in [4.78, 5) is 16.8. The minimum atomic E-state index is 0.305. The van der Waals surface area contributed by atoms with Crippen LogP contribution in [0.1, 0.15) is 115 Å². The third-order valence-electron chi connectivity index (χ3n) is 12.9. The van der Waals surface area contributed by atoms with Crippen LogP contribution in [0.5, 0.6) is 0 Å². The summed E-state index contributed by atoms with van der Waals surface area (Å²) < 4.78 is 0. The van der Waals surface area contributed by atoms with Gasteiger partial charge in [-0.2, -0.15) is 0 Å². The highest BCUT2D eigenvalue weighted by Gasteiger charge is 2.56. The third kappa shape index (κ3) is 8.87. The number of hydrogen-bond donors (Lipinski definition) is 0. The van der Waals surface area contributed by atoms with Crippen LogP contribution < -0.4 is 0 Å². The van der Waals surface area contributed by atoms with Gasteiger partial charge < -0.3 is 9.80 Å². The Balaban J connectivity index is 0.998. The van der Waals surface area contributed by atoms with Crippen LogP contribution in [0.2, 0.25) is 0 Å². The van der Waals surface area contributed by atoms with Crippen molar-refractivity contribution in [2.75, 3.05) is 85.1 Å². The number of hydrogen-bond acceptors (Lipinski definition) is 6. The van der Waals surface area contributed by atoms with Gasteiger partial charge in [-0.3, -0.25) is 19.6 Å². The van der Waals surface area contributed by atoms with E-state index >= 15 is 0 Å². The van der Waals surface area contributed by atoms with Crippen LogP contribution in [0.3, 0.4) is 0 Å². The Hall–Kier alpha value is -0.240. The van der Waals surface area contributed by atoms with Crippen molar-refractivity contribution in [3.63, 3.8) is 0 Å². The molecule has 5 aliphatic rings. The number of piperidine rings is 2. The van der Waals surface area contributed by atoms with E-state index in [4.69, 9.17) is 0 Å². The molecule has 45 heavy (non-hydrogen) atoms. The van der Waals surface area contributed by atoms with Crippen molar-refractivity contribution >= 4 is 0 Å². The smallest absolute Gasteiger partial charge is 0.0212 e. The molecule has 0 radical (unpaired) electrons. The first-order chi connectivity index (χ1) is 20.7. The normalized spacial score (nSPS) is 32.5. The van der Waals surface area contributed by atoms with Crippen LogP contribution in [-0.4, -0.2) is 144 Å². The van der Waals surface area contributed by atoms with Gasteiger partial charge in [0, 0.05) is 107 Å². The van der Waals surface area contributed by atoms with Crippen molar-refractivity contribution in [3.05, 3.63) is 0 Å². The Morgan fingerprint density at radius 2 is 1.29 bits per heavy atom. The van der Waals surface area contributed by atoms with Gasteiger partial charge in [-0.25, -0.2) is 0 Å². The molecular weight excluding hydrogens is 552 g/mol. The molecule has 5 rings (SSSR count). The summed E-state index contributed by atoms with van der Waals surface area (Å²) in [5.41, 5.74) is 1.98. The van der Waals surface area contributed by atoms with Crippen molar-refractivity contribution in [3.8, 4) is 0 Å². The lowest BCUT2D eigenvalue weighted by atomic mass is 9.68. The molecule has 5 heterocycles. The first-order valence-electron chi connectivity index (χ1n) is 19.2. The van der Waals surface area contributed by atoms with Gasteiger partial charge >= 0.3 is 0 Å². The standard InChI is InChI=1S/C39H76N6/c1-31-24-40(17-14-34(31)41-19-21-44(22-20-41)36(6,7)8)26-37(9,10)15-16-38(11,12)45-29-39(30-45)27-43(28-39)33-13-18-42(32(2)23-33)25-35(3,4)5/h31-34H,13-30H2,1-12H3/t31-,32-,33?,34?/m0/s1. The first kappa shape index (κ1) is 36.1. The SMILES string of the molecule is C[C@H]1CN(CC(C)(C)CCC(C)(C)N2CC3(CN(C4CCN(CC(C)(C)C)[C@@H](C)C4)C3)C2)CCC1N1CCN(C(C)(C)C)CC1. The summed E-state index contributed by atoms with van der Waals surface area (Å²) >= 11 is 0. The minimum absolute atomic E-state index is 0.305. The predicted octanol–water partition coefficient (Wildman–Crippen LogP) is 6.21. The average molecular weight is 629 g/mol. The third-order valence-corrected chi connectivity index (χ3v) is 12.9. The number of rotatable bonds is 9. The zero-order valence-electron chi connectivity index (χ0n) is 32.2. The molecule has 0 N–H and O–H groups in total. The van der Waals surface area contributed by atoms with Crippen LogP contribution >= 0.6 is 0 Å². The van der Waals surface area contributed by atoms with Gasteiger partial charge in [-0.05, 0) is 103 Å². The Bertz CT molecular complexity index is 955. The van der Waals surface area contributed by atoms with Crippen LogP contribution in [0.25, 0.3) is 0 Å². The van der Waals surface area contributed by atoms with E-state index in [1.165, 1.54) is 117 Å². The fourth-order valence-electron chi connectivity index (χ4n) is 9.95. The van der Waals surface area contributed by atoms with Gasteiger partial charge in [-0.15, -0.1) is 0 Å². The Morgan fingerprint density at radius 1 is 0.644 bits per heavy atom. The molecule has 5 fully saturated rings.